The van der Waals surface area contributed by atoms with Crippen LogP contribution in [0.4, 0.5) is 14.9 Å². The van der Waals surface area contributed by atoms with E-state index in [9.17, 15) is 9.18 Å². The number of hydrogen-bond acceptors (Lipinski definition) is 3. The minimum absolute atomic E-state index is 0.0553. The Morgan fingerprint density at radius 2 is 2.09 bits per heavy atom. The van der Waals surface area contributed by atoms with Crippen LogP contribution in [0.1, 0.15) is 5.69 Å². The molecular formula is C15H11ClFN3O2. The number of urea groups is 1. The fourth-order valence-corrected chi connectivity index (χ4v) is 2.16. The molecule has 0 fully saturated rings. The number of halogens is 2. The number of nitrogens with one attached hydrogen (secondary N) is 2. The molecule has 2 N–H and O–H groups in total. The molecule has 0 aliphatic carbocycles. The van der Waals surface area contributed by atoms with Crippen molar-refractivity contribution in [1.29, 1.82) is 0 Å². The lowest BCUT2D eigenvalue weighted by Crippen LogP contribution is -2.28. The number of nitrogens with zero attached hydrogens (tertiary/aromatic N) is 1. The van der Waals surface area contributed by atoms with Crippen molar-refractivity contribution < 1.29 is 13.7 Å². The maximum absolute atomic E-state index is 13.0. The van der Waals surface area contributed by atoms with E-state index < -0.39 is 11.8 Å². The van der Waals surface area contributed by atoms with Gasteiger partial charge in [0, 0.05) is 11.1 Å². The van der Waals surface area contributed by atoms with Gasteiger partial charge < -0.3 is 15.2 Å². The van der Waals surface area contributed by atoms with E-state index in [0.717, 1.165) is 5.39 Å². The maximum Gasteiger partial charge on any atom is 0.319 e. The van der Waals surface area contributed by atoms with Gasteiger partial charge in [-0.3, -0.25) is 0 Å². The molecule has 5 nitrogen and oxygen atoms in total. The topological polar surface area (TPSA) is 67.2 Å². The maximum atomic E-state index is 13.0. The third-order valence-electron chi connectivity index (χ3n) is 3.05. The molecule has 0 unspecified atom stereocenters. The minimum atomic E-state index is -0.540. The third kappa shape index (κ3) is 3.01. The number of carbonyl (C=O) groups excluding carboxylic acids is 1. The summed E-state index contributed by atoms with van der Waals surface area (Å²) in [6, 6.07) is 10.9. The van der Waals surface area contributed by atoms with Gasteiger partial charge in [-0.2, -0.15) is 0 Å². The van der Waals surface area contributed by atoms with Gasteiger partial charge in [-0.1, -0.05) is 28.9 Å². The molecule has 0 saturated carbocycles. The quantitative estimate of drug-likeness (QED) is 0.768. The van der Waals surface area contributed by atoms with Crippen LogP contribution >= 0.6 is 11.6 Å². The highest BCUT2D eigenvalue weighted by molar-refractivity contribution is 6.31. The average molecular weight is 320 g/mol. The zero-order valence-electron chi connectivity index (χ0n) is 11.3. The van der Waals surface area contributed by atoms with Crippen LogP contribution in [-0.4, -0.2) is 11.2 Å². The summed E-state index contributed by atoms with van der Waals surface area (Å²) in [4.78, 5) is 11.8. The molecular weight excluding hydrogens is 309 g/mol. The van der Waals surface area contributed by atoms with E-state index in [1.165, 1.54) is 18.2 Å². The first-order valence-electron chi connectivity index (χ1n) is 6.46. The van der Waals surface area contributed by atoms with Crippen molar-refractivity contribution in [2.24, 2.45) is 0 Å². The number of rotatable bonds is 3. The van der Waals surface area contributed by atoms with Gasteiger partial charge >= 0.3 is 6.03 Å². The summed E-state index contributed by atoms with van der Waals surface area (Å²) in [5, 5.41) is 9.91. The highest BCUT2D eigenvalue weighted by atomic mass is 35.5. The normalized spacial score (nSPS) is 10.6. The molecule has 0 bridgehead atoms. The largest absolute Gasteiger partial charge is 0.356 e. The molecule has 0 spiro atoms. The Balaban J connectivity index is 1.63. The van der Waals surface area contributed by atoms with Gasteiger partial charge in [-0.25, -0.2) is 9.18 Å². The second-order valence-corrected chi connectivity index (χ2v) is 4.97. The Kier molecular flexibility index (Phi) is 3.93. The molecule has 3 rings (SSSR count). The standard InChI is InChI=1S/C15H11ClFN3O2/c16-11-7-9(5-6-12(11)17)19-15(21)18-8-13-10-3-1-2-4-14(10)22-20-13/h1-7H,8H2,(H2,18,19,21). The predicted octanol–water partition coefficient (Wildman–Crippen LogP) is 3.94. The van der Waals surface area contributed by atoms with Crippen LogP contribution in [0.5, 0.6) is 0 Å². The fourth-order valence-electron chi connectivity index (χ4n) is 1.98. The van der Waals surface area contributed by atoms with Crippen molar-refractivity contribution in [3.63, 3.8) is 0 Å². The predicted molar refractivity (Wildman–Crippen MR) is 81.3 cm³/mol. The highest BCUT2D eigenvalue weighted by Gasteiger charge is 2.09. The van der Waals surface area contributed by atoms with E-state index in [0.29, 0.717) is 17.0 Å². The van der Waals surface area contributed by atoms with Gasteiger partial charge in [-0.15, -0.1) is 0 Å². The number of para-hydroxylation sites is 1. The van der Waals surface area contributed by atoms with Crippen LogP contribution in [-0.2, 0) is 6.54 Å². The monoisotopic (exact) mass is 319 g/mol. The summed E-state index contributed by atoms with van der Waals surface area (Å²) in [5.41, 5.74) is 1.68. The Bertz CT molecular complexity index is 835. The van der Waals surface area contributed by atoms with Crippen LogP contribution in [0.2, 0.25) is 5.02 Å². The van der Waals surface area contributed by atoms with Crippen LogP contribution in [0.15, 0.2) is 47.0 Å². The first-order valence-corrected chi connectivity index (χ1v) is 6.84. The summed E-state index contributed by atoms with van der Waals surface area (Å²) >= 11 is 5.65. The fraction of sp³-hybridized carbons (Fsp3) is 0.0667. The van der Waals surface area contributed by atoms with E-state index in [1.54, 1.807) is 6.07 Å². The van der Waals surface area contributed by atoms with Gasteiger partial charge in [0.2, 0.25) is 0 Å². The van der Waals surface area contributed by atoms with Crippen molar-refractivity contribution in [2.45, 2.75) is 6.54 Å². The SMILES string of the molecule is O=C(NCc1noc2ccccc12)Nc1ccc(F)c(Cl)c1. The average Bonchev–Trinajstić information content (AvgIpc) is 2.92. The van der Waals surface area contributed by atoms with Crippen LogP contribution in [0.3, 0.4) is 0 Å². The Hall–Kier alpha value is -2.60. The molecule has 0 atom stereocenters. The van der Waals surface area contributed by atoms with Gasteiger partial charge in [0.15, 0.2) is 5.58 Å². The number of benzene rings is 2. The molecule has 1 heterocycles. The van der Waals surface area contributed by atoms with Crippen LogP contribution in [0, 0.1) is 5.82 Å². The Morgan fingerprint density at radius 3 is 2.91 bits per heavy atom. The zero-order valence-corrected chi connectivity index (χ0v) is 12.0. The number of carbonyl (C=O) groups is 1. The molecule has 0 saturated heterocycles. The van der Waals surface area contributed by atoms with Gasteiger partial charge in [0.05, 0.1) is 11.6 Å². The van der Waals surface area contributed by atoms with Crippen LogP contribution < -0.4 is 10.6 Å². The summed E-state index contributed by atoms with van der Waals surface area (Å²) in [7, 11) is 0. The molecule has 1 aromatic heterocycles. The van der Waals surface area contributed by atoms with E-state index in [-0.39, 0.29) is 11.6 Å². The lowest BCUT2D eigenvalue weighted by atomic mass is 10.2. The Labute approximate surface area is 130 Å². The van der Waals surface area contributed by atoms with Gasteiger partial charge in [0.1, 0.15) is 11.5 Å². The molecule has 7 heteroatoms. The van der Waals surface area contributed by atoms with Gasteiger partial charge in [0.25, 0.3) is 0 Å². The molecule has 2 amide bonds. The summed E-state index contributed by atoms with van der Waals surface area (Å²) in [6.07, 6.45) is 0. The zero-order chi connectivity index (χ0) is 15.5. The molecule has 2 aromatic carbocycles. The first kappa shape index (κ1) is 14.3. The van der Waals surface area contributed by atoms with Crippen molar-refractivity contribution in [1.82, 2.24) is 10.5 Å². The second-order valence-electron chi connectivity index (χ2n) is 4.56. The first-order chi connectivity index (χ1) is 10.6. The minimum Gasteiger partial charge on any atom is -0.356 e. The second kappa shape index (κ2) is 6.03. The van der Waals surface area contributed by atoms with E-state index in [1.807, 2.05) is 18.2 Å². The summed E-state index contributed by atoms with van der Waals surface area (Å²) in [6.45, 7) is 0.206. The van der Waals surface area contributed by atoms with Crippen molar-refractivity contribution in [2.75, 3.05) is 5.32 Å². The summed E-state index contributed by atoms with van der Waals surface area (Å²) in [5.74, 6) is -0.540. The van der Waals surface area contributed by atoms with E-state index in [4.69, 9.17) is 16.1 Å². The molecule has 0 aliphatic heterocycles. The lowest BCUT2D eigenvalue weighted by Gasteiger charge is -2.07. The summed E-state index contributed by atoms with van der Waals surface area (Å²) < 4.78 is 18.2. The van der Waals surface area contributed by atoms with E-state index >= 15 is 0 Å². The number of aromatic nitrogens is 1. The molecule has 0 radical (unpaired) electrons. The van der Waals surface area contributed by atoms with Crippen molar-refractivity contribution in [3.8, 4) is 0 Å². The van der Waals surface area contributed by atoms with Crippen LogP contribution in [0.25, 0.3) is 11.0 Å². The van der Waals surface area contributed by atoms with Crippen molar-refractivity contribution >= 4 is 34.3 Å². The lowest BCUT2D eigenvalue weighted by molar-refractivity contribution is 0.251. The van der Waals surface area contributed by atoms with Crippen molar-refractivity contribution in [3.05, 3.63) is 59.0 Å². The smallest absolute Gasteiger partial charge is 0.319 e. The van der Waals surface area contributed by atoms with E-state index in [2.05, 4.69) is 15.8 Å². The number of amides is 2. The molecule has 0 aliphatic rings. The molecule has 22 heavy (non-hydrogen) atoms. The molecule has 112 valence electrons. The third-order valence-corrected chi connectivity index (χ3v) is 3.34. The van der Waals surface area contributed by atoms with Gasteiger partial charge in [-0.05, 0) is 30.3 Å². The molecule has 3 aromatic rings. The number of anilines is 1. The number of hydrogen-bond donors (Lipinski definition) is 2. The highest BCUT2D eigenvalue weighted by Crippen LogP contribution is 2.20. The number of fused-ring (bicyclic) bond motifs is 1. The Morgan fingerprint density at radius 1 is 1.27 bits per heavy atom.